The molecule has 2 fully saturated rings. The lowest BCUT2D eigenvalue weighted by atomic mass is 9.79. The molecule has 6 heteroatoms. The zero-order valence-electron chi connectivity index (χ0n) is 24.0. The third-order valence-corrected chi connectivity index (χ3v) is 9.28. The maximum atomic E-state index is 13.1. The first-order chi connectivity index (χ1) is 20.1. The number of ether oxygens (including phenoxy) is 1. The van der Waals surface area contributed by atoms with E-state index >= 15 is 0 Å². The van der Waals surface area contributed by atoms with Crippen LogP contribution in [0.5, 0.6) is 0 Å². The Morgan fingerprint density at radius 2 is 1.56 bits per heavy atom. The summed E-state index contributed by atoms with van der Waals surface area (Å²) in [6.45, 7) is 6.44. The Morgan fingerprint density at radius 1 is 0.902 bits per heavy atom. The molecule has 1 aliphatic carbocycles. The van der Waals surface area contributed by atoms with Crippen molar-refractivity contribution in [3.8, 4) is 0 Å². The molecule has 3 aliphatic rings. The summed E-state index contributed by atoms with van der Waals surface area (Å²) in [5.74, 6) is 0.271. The number of hydrogen-bond donors (Lipinski definition) is 1. The van der Waals surface area contributed by atoms with Crippen LogP contribution in [0.3, 0.4) is 0 Å². The molecule has 1 N–H and O–H groups in total. The Morgan fingerprint density at radius 3 is 2.22 bits per heavy atom. The maximum Gasteiger partial charge on any atom is 0.302 e. The number of benzene rings is 3. The second kappa shape index (κ2) is 12.5. The number of carbonyl (C=O) groups excluding carboxylic acids is 2. The van der Waals surface area contributed by atoms with E-state index in [2.05, 4.69) is 94.0 Å². The monoisotopic (exact) mass is 551 g/mol. The van der Waals surface area contributed by atoms with E-state index in [9.17, 15) is 9.59 Å². The molecule has 2 heterocycles. The lowest BCUT2D eigenvalue weighted by molar-refractivity contribution is -0.151. The average molecular weight is 552 g/mol. The molecule has 1 saturated carbocycles. The van der Waals surface area contributed by atoms with Crippen molar-refractivity contribution in [3.63, 3.8) is 0 Å². The molecule has 6 nitrogen and oxygen atoms in total. The summed E-state index contributed by atoms with van der Waals surface area (Å²) in [6.07, 6.45) is 4.95. The molecule has 214 valence electrons. The summed E-state index contributed by atoms with van der Waals surface area (Å²) in [4.78, 5) is 29.8. The molecule has 3 aromatic carbocycles. The quantitative estimate of drug-likeness (QED) is 0.351. The van der Waals surface area contributed by atoms with Gasteiger partial charge < -0.3 is 15.0 Å². The van der Waals surface area contributed by atoms with Crippen LogP contribution in [0.15, 0.2) is 78.9 Å². The number of amides is 1. The molecular formula is C35H41N3O3. The van der Waals surface area contributed by atoms with E-state index in [0.29, 0.717) is 5.92 Å². The minimum absolute atomic E-state index is 0.00880. The van der Waals surface area contributed by atoms with Crippen LogP contribution in [0.25, 0.3) is 0 Å². The van der Waals surface area contributed by atoms with Crippen molar-refractivity contribution in [1.29, 1.82) is 0 Å². The van der Waals surface area contributed by atoms with Gasteiger partial charge >= 0.3 is 5.97 Å². The van der Waals surface area contributed by atoms with E-state index in [1.807, 2.05) is 0 Å². The molecule has 2 aliphatic heterocycles. The summed E-state index contributed by atoms with van der Waals surface area (Å²) in [5, 5.41) is 3.23. The van der Waals surface area contributed by atoms with Crippen LogP contribution in [-0.4, -0.2) is 55.6 Å². The van der Waals surface area contributed by atoms with Gasteiger partial charge in [0, 0.05) is 56.2 Å². The molecule has 3 atom stereocenters. The zero-order chi connectivity index (χ0) is 28.2. The van der Waals surface area contributed by atoms with E-state index < -0.39 is 0 Å². The SMILES string of the molecule is CC(=O)OC1CCCCC1C1NC(=O)c2cc(N3CCN(CCC(c4ccccc4)c4ccccc4)CC3)ccc21. The number of carbonyl (C=O) groups is 2. The Labute approximate surface area is 243 Å². The fourth-order valence-electron chi connectivity index (χ4n) is 7.15. The highest BCUT2D eigenvalue weighted by atomic mass is 16.5. The van der Waals surface area contributed by atoms with Crippen LogP contribution in [0.2, 0.25) is 0 Å². The minimum Gasteiger partial charge on any atom is -0.462 e. The summed E-state index contributed by atoms with van der Waals surface area (Å²) in [5.41, 5.74) is 5.69. The standard InChI is InChI=1S/C35H41N3O3/c1-25(39)41-33-15-9-8-14-31(33)34-30-17-16-28(24-32(30)35(40)36-34)38-22-20-37(21-23-38)19-18-29(26-10-4-2-5-11-26)27-12-6-3-7-13-27/h2-7,10-13,16-17,24,29,31,33-34H,8-9,14-15,18-23H2,1H3,(H,36,40). The number of hydrogen-bond acceptors (Lipinski definition) is 5. The number of piperazine rings is 1. The molecule has 3 unspecified atom stereocenters. The van der Waals surface area contributed by atoms with Crippen molar-refractivity contribution in [2.24, 2.45) is 5.92 Å². The van der Waals surface area contributed by atoms with Crippen molar-refractivity contribution < 1.29 is 14.3 Å². The highest BCUT2D eigenvalue weighted by Crippen LogP contribution is 2.41. The fourth-order valence-corrected chi connectivity index (χ4v) is 7.15. The second-order valence-electron chi connectivity index (χ2n) is 11.8. The number of anilines is 1. The van der Waals surface area contributed by atoms with Crippen LogP contribution >= 0.6 is 0 Å². The van der Waals surface area contributed by atoms with Gasteiger partial charge in [-0.15, -0.1) is 0 Å². The van der Waals surface area contributed by atoms with Crippen LogP contribution in [-0.2, 0) is 9.53 Å². The topological polar surface area (TPSA) is 61.9 Å². The predicted molar refractivity (Wildman–Crippen MR) is 162 cm³/mol. The van der Waals surface area contributed by atoms with Gasteiger partial charge in [-0.25, -0.2) is 0 Å². The first-order valence-corrected chi connectivity index (χ1v) is 15.3. The van der Waals surface area contributed by atoms with Gasteiger partial charge in [0.1, 0.15) is 6.10 Å². The van der Waals surface area contributed by atoms with Gasteiger partial charge in [0.05, 0.1) is 6.04 Å². The van der Waals surface area contributed by atoms with Gasteiger partial charge in [0.25, 0.3) is 5.91 Å². The van der Waals surface area contributed by atoms with Crippen molar-refractivity contribution in [2.45, 2.75) is 57.1 Å². The largest absolute Gasteiger partial charge is 0.462 e. The van der Waals surface area contributed by atoms with Gasteiger partial charge in [0.2, 0.25) is 0 Å². The smallest absolute Gasteiger partial charge is 0.302 e. The molecule has 0 aromatic heterocycles. The summed E-state index contributed by atoms with van der Waals surface area (Å²) in [7, 11) is 0. The Kier molecular flexibility index (Phi) is 8.38. The van der Waals surface area contributed by atoms with Crippen LogP contribution in [0, 0.1) is 5.92 Å². The molecular weight excluding hydrogens is 510 g/mol. The van der Waals surface area contributed by atoms with Crippen LogP contribution in [0.1, 0.15) is 78.0 Å². The Balaban J connectivity index is 1.09. The number of nitrogens with one attached hydrogen (secondary N) is 1. The predicted octanol–water partition coefficient (Wildman–Crippen LogP) is 5.94. The highest BCUT2D eigenvalue weighted by Gasteiger charge is 2.40. The molecule has 3 aromatic rings. The molecule has 0 spiro atoms. The van der Waals surface area contributed by atoms with E-state index in [-0.39, 0.29) is 29.9 Å². The van der Waals surface area contributed by atoms with Gasteiger partial charge in [-0.05, 0) is 61.1 Å². The first kappa shape index (κ1) is 27.5. The summed E-state index contributed by atoms with van der Waals surface area (Å²) < 4.78 is 5.68. The van der Waals surface area contributed by atoms with Gasteiger partial charge in [-0.3, -0.25) is 14.5 Å². The van der Waals surface area contributed by atoms with Crippen molar-refractivity contribution >= 4 is 17.6 Å². The van der Waals surface area contributed by atoms with E-state index in [0.717, 1.165) is 81.6 Å². The molecule has 0 bridgehead atoms. The lowest BCUT2D eigenvalue weighted by Gasteiger charge is -2.37. The minimum atomic E-state index is -0.239. The maximum absolute atomic E-state index is 13.1. The molecule has 6 rings (SSSR count). The third kappa shape index (κ3) is 6.18. The number of nitrogens with zero attached hydrogens (tertiary/aromatic N) is 2. The average Bonchev–Trinajstić information content (AvgIpc) is 3.34. The molecule has 1 saturated heterocycles. The van der Waals surface area contributed by atoms with Crippen molar-refractivity contribution in [3.05, 3.63) is 101 Å². The van der Waals surface area contributed by atoms with Gasteiger partial charge in [-0.1, -0.05) is 73.2 Å². The van der Waals surface area contributed by atoms with Crippen LogP contribution < -0.4 is 10.2 Å². The third-order valence-electron chi connectivity index (χ3n) is 9.28. The van der Waals surface area contributed by atoms with Crippen molar-refractivity contribution in [2.75, 3.05) is 37.6 Å². The lowest BCUT2D eigenvalue weighted by Crippen LogP contribution is -2.46. The summed E-state index contributed by atoms with van der Waals surface area (Å²) >= 11 is 0. The van der Waals surface area contributed by atoms with Gasteiger partial charge in [-0.2, -0.15) is 0 Å². The molecule has 41 heavy (non-hydrogen) atoms. The van der Waals surface area contributed by atoms with E-state index in [4.69, 9.17) is 4.74 Å². The molecule has 1 amide bonds. The Bertz CT molecular complexity index is 1300. The zero-order valence-corrected chi connectivity index (χ0v) is 24.0. The number of esters is 1. The molecule has 0 radical (unpaired) electrons. The first-order valence-electron chi connectivity index (χ1n) is 15.3. The Hall–Kier alpha value is -3.64. The van der Waals surface area contributed by atoms with Gasteiger partial charge in [0.15, 0.2) is 0 Å². The normalized spacial score (nSPS) is 22.8. The van der Waals surface area contributed by atoms with E-state index in [1.54, 1.807) is 0 Å². The number of rotatable bonds is 8. The summed E-state index contributed by atoms with van der Waals surface area (Å²) in [6, 6.07) is 28.0. The highest BCUT2D eigenvalue weighted by molar-refractivity contribution is 6.00. The van der Waals surface area contributed by atoms with Crippen molar-refractivity contribution in [1.82, 2.24) is 10.2 Å². The fraction of sp³-hybridized carbons (Fsp3) is 0.429. The van der Waals surface area contributed by atoms with Crippen LogP contribution in [0.4, 0.5) is 5.69 Å². The second-order valence-corrected chi connectivity index (χ2v) is 11.8. The van der Waals surface area contributed by atoms with E-state index in [1.165, 1.54) is 18.1 Å². The number of fused-ring (bicyclic) bond motifs is 1.